The lowest BCUT2D eigenvalue weighted by Gasteiger charge is -2.14. The van der Waals surface area contributed by atoms with Gasteiger partial charge in [0, 0.05) is 12.6 Å². The Morgan fingerprint density at radius 3 is 2.68 bits per heavy atom. The van der Waals surface area contributed by atoms with Gasteiger partial charge in [0.05, 0.1) is 11.9 Å². The van der Waals surface area contributed by atoms with Crippen LogP contribution in [0.15, 0.2) is 30.5 Å². The number of aromatic nitrogens is 2. The first-order valence-corrected chi connectivity index (χ1v) is 7.01. The van der Waals surface area contributed by atoms with E-state index in [1.807, 2.05) is 6.92 Å². The number of halogens is 1. The number of hydrogen-bond acceptors (Lipinski definition) is 4. The molecule has 2 aromatic rings. The summed E-state index contributed by atoms with van der Waals surface area (Å²) < 4.78 is 14.2. The summed E-state index contributed by atoms with van der Waals surface area (Å²) in [5.74, 6) is -1.16. The topological polar surface area (TPSA) is 87.4 Å². The second kappa shape index (κ2) is 7.04. The highest BCUT2D eigenvalue weighted by Crippen LogP contribution is 2.18. The van der Waals surface area contributed by atoms with Crippen LogP contribution in [0.25, 0.3) is 5.69 Å². The molecule has 0 spiro atoms. The van der Waals surface area contributed by atoms with Gasteiger partial charge in [0.25, 0.3) is 5.91 Å². The Labute approximate surface area is 127 Å². The predicted octanol–water partition coefficient (Wildman–Crippen LogP) is 1.61. The number of rotatable bonds is 6. The van der Waals surface area contributed by atoms with E-state index in [9.17, 15) is 14.3 Å². The molecule has 1 atom stereocenters. The van der Waals surface area contributed by atoms with Gasteiger partial charge < -0.3 is 15.5 Å². The molecule has 0 fully saturated rings. The van der Waals surface area contributed by atoms with Crippen LogP contribution in [0.4, 0.5) is 4.39 Å². The fraction of sp³-hybridized carbons (Fsp3) is 0.333. The summed E-state index contributed by atoms with van der Waals surface area (Å²) in [4.78, 5) is 12.1. The summed E-state index contributed by atoms with van der Waals surface area (Å²) in [5.41, 5.74) is 0.416. The Kier molecular flexibility index (Phi) is 5.11. The molecule has 3 N–H and O–H groups in total. The summed E-state index contributed by atoms with van der Waals surface area (Å²) in [6, 6.07) is 5.33. The van der Waals surface area contributed by atoms with Gasteiger partial charge in [-0.25, -0.2) is 9.07 Å². The van der Waals surface area contributed by atoms with Crippen molar-refractivity contribution < 1.29 is 19.4 Å². The van der Waals surface area contributed by atoms with Crippen LogP contribution in [-0.4, -0.2) is 38.5 Å². The zero-order valence-electron chi connectivity index (χ0n) is 12.2. The fourth-order valence-electron chi connectivity index (χ4n) is 2.04. The Morgan fingerprint density at radius 1 is 1.41 bits per heavy atom. The number of nitrogens with one attached hydrogen (secondary N) is 1. The molecule has 0 radical (unpaired) electrons. The van der Waals surface area contributed by atoms with Gasteiger partial charge in [-0.1, -0.05) is 6.92 Å². The van der Waals surface area contributed by atoms with Crippen LogP contribution >= 0.6 is 0 Å². The lowest BCUT2D eigenvalue weighted by Crippen LogP contribution is -2.35. The van der Waals surface area contributed by atoms with E-state index < -0.39 is 5.91 Å². The number of aliphatic hydroxyl groups is 1. The van der Waals surface area contributed by atoms with Crippen molar-refractivity contribution in [3.63, 3.8) is 0 Å². The van der Waals surface area contributed by atoms with Crippen LogP contribution in [0.3, 0.4) is 0 Å². The minimum Gasteiger partial charge on any atom is -0.504 e. The molecular formula is C15H18FN3O3. The van der Waals surface area contributed by atoms with Gasteiger partial charge in [-0.05, 0) is 37.1 Å². The number of amides is 1. The van der Waals surface area contributed by atoms with Crippen LogP contribution in [-0.2, 0) is 0 Å². The quantitative estimate of drug-likeness (QED) is 0.756. The first-order valence-electron chi connectivity index (χ1n) is 7.01. The van der Waals surface area contributed by atoms with E-state index in [0.717, 1.165) is 0 Å². The first kappa shape index (κ1) is 16.0. The summed E-state index contributed by atoms with van der Waals surface area (Å²) >= 11 is 0. The molecule has 0 saturated heterocycles. The largest absolute Gasteiger partial charge is 0.504 e. The third kappa shape index (κ3) is 3.62. The number of carbonyl (C=O) groups is 1. The maximum Gasteiger partial charge on any atom is 0.275 e. The summed E-state index contributed by atoms with van der Waals surface area (Å²) in [6.07, 6.45) is 2.38. The average Bonchev–Trinajstić information content (AvgIpc) is 2.89. The van der Waals surface area contributed by atoms with E-state index in [0.29, 0.717) is 18.5 Å². The minimum absolute atomic E-state index is 0.0329. The van der Waals surface area contributed by atoms with Crippen LogP contribution in [0, 0.1) is 5.82 Å². The highest BCUT2D eigenvalue weighted by Gasteiger charge is 2.19. The summed E-state index contributed by atoms with van der Waals surface area (Å²) in [5, 5.41) is 25.5. The van der Waals surface area contributed by atoms with E-state index in [1.165, 1.54) is 35.1 Å². The van der Waals surface area contributed by atoms with E-state index in [2.05, 4.69) is 10.4 Å². The van der Waals surface area contributed by atoms with Crippen molar-refractivity contribution in [1.82, 2.24) is 15.1 Å². The Morgan fingerprint density at radius 2 is 2.09 bits per heavy atom. The molecule has 0 bridgehead atoms. The van der Waals surface area contributed by atoms with Crippen molar-refractivity contribution in [2.24, 2.45) is 0 Å². The molecule has 1 aromatic carbocycles. The average molecular weight is 307 g/mol. The molecule has 0 aliphatic heterocycles. The number of carbonyl (C=O) groups excluding carboxylic acids is 1. The Balaban J connectivity index is 2.18. The Hall–Kier alpha value is -2.41. The van der Waals surface area contributed by atoms with Crippen molar-refractivity contribution in [2.75, 3.05) is 6.61 Å². The number of benzene rings is 1. The number of aliphatic hydroxyl groups excluding tert-OH is 1. The van der Waals surface area contributed by atoms with Crippen LogP contribution in [0.1, 0.15) is 30.3 Å². The second-order valence-electron chi connectivity index (χ2n) is 4.87. The van der Waals surface area contributed by atoms with Crippen molar-refractivity contribution in [3.8, 4) is 11.4 Å². The van der Waals surface area contributed by atoms with E-state index in [4.69, 9.17) is 5.11 Å². The third-order valence-corrected chi connectivity index (χ3v) is 3.31. The first-order chi connectivity index (χ1) is 10.5. The molecule has 0 aliphatic rings. The monoisotopic (exact) mass is 307 g/mol. The predicted molar refractivity (Wildman–Crippen MR) is 78.4 cm³/mol. The molecule has 1 heterocycles. The van der Waals surface area contributed by atoms with Gasteiger partial charge in [-0.3, -0.25) is 4.79 Å². The van der Waals surface area contributed by atoms with Crippen LogP contribution < -0.4 is 5.32 Å². The number of aromatic hydroxyl groups is 1. The fourth-order valence-corrected chi connectivity index (χ4v) is 2.04. The normalized spacial score (nSPS) is 12.1. The lowest BCUT2D eigenvalue weighted by atomic mass is 10.1. The van der Waals surface area contributed by atoms with Crippen molar-refractivity contribution >= 4 is 5.91 Å². The number of hydrogen-bond donors (Lipinski definition) is 3. The van der Waals surface area contributed by atoms with Crippen LogP contribution in [0.5, 0.6) is 5.75 Å². The van der Waals surface area contributed by atoms with Crippen molar-refractivity contribution in [3.05, 3.63) is 42.0 Å². The SMILES string of the molecule is CCC(CCO)NC(=O)c1nn(-c2ccc(F)cc2)cc1O. The molecule has 0 saturated carbocycles. The zero-order chi connectivity index (χ0) is 16.1. The standard InChI is InChI=1S/C15H18FN3O3/c1-2-11(7-8-20)17-15(22)14-13(21)9-19(18-14)12-5-3-10(16)4-6-12/h3-6,9,11,20-21H,2,7-8H2,1H3,(H,17,22). The molecule has 1 aromatic heterocycles. The minimum atomic E-state index is -0.515. The maximum absolute atomic E-state index is 12.9. The van der Waals surface area contributed by atoms with Gasteiger partial charge in [0.2, 0.25) is 0 Å². The second-order valence-corrected chi connectivity index (χ2v) is 4.87. The van der Waals surface area contributed by atoms with E-state index in [1.54, 1.807) is 0 Å². The molecule has 1 unspecified atom stereocenters. The summed E-state index contributed by atoms with van der Waals surface area (Å²) in [7, 11) is 0. The molecule has 0 aliphatic carbocycles. The molecule has 7 heteroatoms. The molecular weight excluding hydrogens is 289 g/mol. The smallest absolute Gasteiger partial charge is 0.275 e. The summed E-state index contributed by atoms with van der Waals surface area (Å²) in [6.45, 7) is 1.85. The molecule has 22 heavy (non-hydrogen) atoms. The van der Waals surface area contributed by atoms with E-state index in [-0.39, 0.29) is 29.9 Å². The molecule has 6 nitrogen and oxygen atoms in total. The zero-order valence-corrected chi connectivity index (χ0v) is 12.2. The van der Waals surface area contributed by atoms with Crippen molar-refractivity contribution in [1.29, 1.82) is 0 Å². The third-order valence-electron chi connectivity index (χ3n) is 3.31. The number of nitrogens with zero attached hydrogens (tertiary/aromatic N) is 2. The Bertz CT molecular complexity index is 640. The van der Waals surface area contributed by atoms with Gasteiger partial charge in [0.1, 0.15) is 5.82 Å². The maximum atomic E-state index is 12.9. The van der Waals surface area contributed by atoms with Gasteiger partial charge in [-0.2, -0.15) is 5.10 Å². The highest BCUT2D eigenvalue weighted by molar-refractivity contribution is 5.95. The van der Waals surface area contributed by atoms with Crippen molar-refractivity contribution in [2.45, 2.75) is 25.8 Å². The van der Waals surface area contributed by atoms with Gasteiger partial charge in [0.15, 0.2) is 11.4 Å². The molecule has 118 valence electrons. The highest BCUT2D eigenvalue weighted by atomic mass is 19.1. The lowest BCUT2D eigenvalue weighted by molar-refractivity contribution is 0.0921. The molecule has 1 amide bonds. The van der Waals surface area contributed by atoms with Gasteiger partial charge in [-0.15, -0.1) is 0 Å². The van der Waals surface area contributed by atoms with Gasteiger partial charge >= 0.3 is 0 Å². The van der Waals surface area contributed by atoms with E-state index >= 15 is 0 Å². The van der Waals surface area contributed by atoms with Crippen LogP contribution in [0.2, 0.25) is 0 Å². The molecule has 2 rings (SSSR count).